The maximum absolute atomic E-state index is 12.0. The lowest BCUT2D eigenvalue weighted by atomic mass is 10.3. The topological polar surface area (TPSA) is 72.5 Å². The molecule has 1 aliphatic rings. The second-order valence-corrected chi connectivity index (χ2v) is 6.23. The Morgan fingerprint density at radius 2 is 2.00 bits per heavy atom. The van der Waals surface area contributed by atoms with Crippen LogP contribution in [0.4, 0.5) is 0 Å². The summed E-state index contributed by atoms with van der Waals surface area (Å²) in [5, 5.41) is 0.393. The van der Waals surface area contributed by atoms with Gasteiger partial charge in [-0.3, -0.25) is 4.79 Å². The van der Waals surface area contributed by atoms with Crippen LogP contribution in [0.1, 0.15) is 6.42 Å². The van der Waals surface area contributed by atoms with Gasteiger partial charge in [0, 0.05) is 6.42 Å². The average Bonchev–Trinajstić information content (AvgIpc) is 2.67. The van der Waals surface area contributed by atoms with E-state index < -0.39 is 22.0 Å². The van der Waals surface area contributed by atoms with Crippen LogP contribution in [-0.4, -0.2) is 27.0 Å². The van der Waals surface area contributed by atoms with Crippen molar-refractivity contribution in [1.29, 1.82) is 0 Å². The van der Waals surface area contributed by atoms with Crippen molar-refractivity contribution in [3.05, 3.63) is 28.2 Å². The van der Waals surface area contributed by atoms with E-state index in [0.29, 0.717) is 6.42 Å². The molecule has 1 unspecified atom stereocenters. The third-order valence-electron chi connectivity index (χ3n) is 2.43. The molecular weight excluding hydrogens is 301 g/mol. The first kappa shape index (κ1) is 13.6. The molecule has 1 aromatic rings. The molecule has 18 heavy (non-hydrogen) atoms. The molecule has 1 N–H and O–H groups in total. The molecule has 0 bridgehead atoms. The smallest absolute Gasteiger partial charge is 0.324 e. The summed E-state index contributed by atoms with van der Waals surface area (Å²) in [6.45, 7) is 0.216. The summed E-state index contributed by atoms with van der Waals surface area (Å²) in [6.07, 6.45) is 0.319. The quantitative estimate of drug-likeness (QED) is 0.861. The minimum absolute atomic E-state index is 0.0448. The van der Waals surface area contributed by atoms with E-state index in [1.165, 1.54) is 18.2 Å². The molecule has 1 saturated heterocycles. The molecular formula is C10H9Cl2NO4S. The summed E-state index contributed by atoms with van der Waals surface area (Å²) >= 11 is 11.5. The third kappa shape index (κ3) is 2.77. The van der Waals surface area contributed by atoms with E-state index in [2.05, 4.69) is 9.46 Å². The average molecular weight is 310 g/mol. The molecule has 98 valence electrons. The Kier molecular flexibility index (Phi) is 3.82. The van der Waals surface area contributed by atoms with Crippen molar-refractivity contribution in [2.24, 2.45) is 0 Å². The second kappa shape index (κ2) is 5.05. The summed E-state index contributed by atoms with van der Waals surface area (Å²) in [5.41, 5.74) is 0. The van der Waals surface area contributed by atoms with E-state index in [1.807, 2.05) is 0 Å². The minimum atomic E-state index is -3.81. The van der Waals surface area contributed by atoms with Crippen molar-refractivity contribution < 1.29 is 17.9 Å². The Bertz CT molecular complexity index is 588. The Balaban J connectivity index is 2.25. The summed E-state index contributed by atoms with van der Waals surface area (Å²) in [5.74, 6) is -0.571. The van der Waals surface area contributed by atoms with Crippen molar-refractivity contribution >= 4 is 39.2 Å². The fourth-order valence-corrected chi connectivity index (χ4v) is 3.11. The lowest BCUT2D eigenvalue weighted by Gasteiger charge is -2.10. The maximum Gasteiger partial charge on any atom is 0.324 e. The highest BCUT2D eigenvalue weighted by Crippen LogP contribution is 2.25. The molecule has 5 nitrogen and oxygen atoms in total. The Hall–Kier alpha value is -0.820. The molecule has 1 aliphatic heterocycles. The van der Waals surface area contributed by atoms with Crippen molar-refractivity contribution in [3.63, 3.8) is 0 Å². The molecule has 0 saturated carbocycles. The highest BCUT2D eigenvalue weighted by molar-refractivity contribution is 7.89. The Morgan fingerprint density at radius 1 is 1.28 bits per heavy atom. The molecule has 2 rings (SSSR count). The molecule has 1 heterocycles. The van der Waals surface area contributed by atoms with Crippen molar-refractivity contribution in [2.75, 3.05) is 6.61 Å². The molecule has 0 spiro atoms. The SMILES string of the molecule is O=C1OCCC1NS(=O)(=O)c1ccc(Cl)c(Cl)c1. The van der Waals surface area contributed by atoms with Crippen LogP contribution < -0.4 is 4.72 Å². The zero-order valence-electron chi connectivity index (χ0n) is 9.02. The van der Waals surface area contributed by atoms with E-state index >= 15 is 0 Å². The summed E-state index contributed by atoms with van der Waals surface area (Å²) in [4.78, 5) is 11.2. The number of hydrogen-bond acceptors (Lipinski definition) is 4. The predicted octanol–water partition coefficient (Wildman–Crippen LogP) is 1.59. The van der Waals surface area contributed by atoms with Gasteiger partial charge in [0.2, 0.25) is 10.0 Å². The molecule has 0 aliphatic carbocycles. The van der Waals surface area contributed by atoms with Gasteiger partial charge in [-0.15, -0.1) is 0 Å². The van der Waals surface area contributed by atoms with Gasteiger partial charge < -0.3 is 4.74 Å². The molecule has 0 amide bonds. The number of esters is 1. The third-order valence-corrected chi connectivity index (χ3v) is 4.64. The lowest BCUT2D eigenvalue weighted by Crippen LogP contribution is -2.37. The van der Waals surface area contributed by atoms with E-state index in [4.69, 9.17) is 23.2 Å². The molecule has 1 aromatic carbocycles. The number of nitrogens with one attached hydrogen (secondary N) is 1. The van der Waals surface area contributed by atoms with Crippen LogP contribution in [0.2, 0.25) is 10.0 Å². The fraction of sp³-hybridized carbons (Fsp3) is 0.300. The minimum Gasteiger partial charge on any atom is -0.464 e. The number of carbonyl (C=O) groups excluding carboxylic acids is 1. The van der Waals surface area contributed by atoms with Crippen LogP contribution >= 0.6 is 23.2 Å². The highest BCUT2D eigenvalue weighted by atomic mass is 35.5. The molecule has 0 radical (unpaired) electrons. The lowest BCUT2D eigenvalue weighted by molar-refractivity contribution is -0.139. The van der Waals surface area contributed by atoms with Gasteiger partial charge in [-0.05, 0) is 18.2 Å². The second-order valence-electron chi connectivity index (χ2n) is 3.71. The fourth-order valence-electron chi connectivity index (χ4n) is 1.50. The first-order chi connectivity index (χ1) is 8.40. The van der Waals surface area contributed by atoms with Crippen LogP contribution in [0.3, 0.4) is 0 Å². The van der Waals surface area contributed by atoms with Crippen LogP contribution in [0, 0.1) is 0 Å². The zero-order valence-corrected chi connectivity index (χ0v) is 11.3. The number of hydrogen-bond donors (Lipinski definition) is 1. The van der Waals surface area contributed by atoms with Gasteiger partial charge in [-0.1, -0.05) is 23.2 Å². The van der Waals surface area contributed by atoms with E-state index in [-0.39, 0.29) is 21.5 Å². The molecule has 1 atom stereocenters. The summed E-state index contributed by atoms with van der Waals surface area (Å²) < 4.78 is 30.9. The van der Waals surface area contributed by atoms with Gasteiger partial charge in [-0.25, -0.2) is 8.42 Å². The van der Waals surface area contributed by atoms with Gasteiger partial charge in [0.1, 0.15) is 6.04 Å². The van der Waals surface area contributed by atoms with E-state index in [1.54, 1.807) is 0 Å². The van der Waals surface area contributed by atoms with Crippen molar-refractivity contribution in [1.82, 2.24) is 4.72 Å². The van der Waals surface area contributed by atoms with Gasteiger partial charge >= 0.3 is 5.97 Å². The number of ether oxygens (including phenoxy) is 1. The largest absolute Gasteiger partial charge is 0.464 e. The maximum atomic E-state index is 12.0. The van der Waals surface area contributed by atoms with Gasteiger partial charge in [0.25, 0.3) is 0 Å². The van der Waals surface area contributed by atoms with Crippen LogP contribution in [-0.2, 0) is 19.6 Å². The first-order valence-electron chi connectivity index (χ1n) is 5.04. The van der Waals surface area contributed by atoms with Crippen LogP contribution in [0.5, 0.6) is 0 Å². The van der Waals surface area contributed by atoms with Crippen LogP contribution in [0.25, 0.3) is 0 Å². The number of benzene rings is 1. The molecule has 0 aromatic heterocycles. The van der Waals surface area contributed by atoms with Crippen molar-refractivity contribution in [3.8, 4) is 0 Å². The monoisotopic (exact) mass is 309 g/mol. The summed E-state index contributed by atoms with van der Waals surface area (Å²) in [6, 6.07) is 3.08. The molecule has 8 heteroatoms. The van der Waals surface area contributed by atoms with Gasteiger partial charge in [-0.2, -0.15) is 4.72 Å². The summed E-state index contributed by atoms with van der Waals surface area (Å²) in [7, 11) is -3.81. The number of sulfonamides is 1. The number of halogens is 2. The van der Waals surface area contributed by atoms with E-state index in [0.717, 1.165) is 0 Å². The molecule has 1 fully saturated rings. The van der Waals surface area contributed by atoms with Crippen LogP contribution in [0.15, 0.2) is 23.1 Å². The number of cyclic esters (lactones) is 1. The highest BCUT2D eigenvalue weighted by Gasteiger charge is 2.31. The predicted molar refractivity (Wildman–Crippen MR) is 66.1 cm³/mol. The van der Waals surface area contributed by atoms with Gasteiger partial charge in [0.15, 0.2) is 0 Å². The Morgan fingerprint density at radius 3 is 2.56 bits per heavy atom. The normalized spacial score (nSPS) is 19.9. The van der Waals surface area contributed by atoms with Gasteiger partial charge in [0.05, 0.1) is 21.5 Å². The first-order valence-corrected chi connectivity index (χ1v) is 7.28. The van der Waals surface area contributed by atoms with E-state index in [9.17, 15) is 13.2 Å². The van der Waals surface area contributed by atoms with Crippen molar-refractivity contribution in [2.45, 2.75) is 17.4 Å². The Labute approximate surface area is 114 Å². The zero-order chi connectivity index (χ0) is 13.3. The number of carbonyl (C=O) groups is 1. The number of rotatable bonds is 3. The standard InChI is InChI=1S/C10H9Cl2NO4S/c11-7-2-1-6(5-8(7)12)18(15,16)13-9-3-4-17-10(9)14/h1-2,5,9,13H,3-4H2.